The van der Waals surface area contributed by atoms with Crippen LogP contribution in [0.2, 0.25) is 0 Å². The number of fused-ring (bicyclic) bond motifs is 4. The second-order valence-corrected chi connectivity index (χ2v) is 6.13. The Balaban J connectivity index is 1.93. The van der Waals surface area contributed by atoms with Crippen LogP contribution in [0.5, 0.6) is 5.75 Å². The first-order chi connectivity index (χ1) is 12.3. The van der Waals surface area contributed by atoms with Crippen molar-refractivity contribution in [3.8, 4) is 28.1 Å². The first-order valence-corrected chi connectivity index (χ1v) is 8.21. The lowest BCUT2D eigenvalue weighted by molar-refractivity contribution is 0.302. The van der Waals surface area contributed by atoms with Crippen LogP contribution in [-0.2, 0) is 6.61 Å². The standard InChI is InChI=1S/C22H14FNO/c23-15-10-11-19-17(12-15)21(14-6-2-1-3-7-14)18-13-25-20-9-5-4-8-16(20)22(18)24-19/h1-12H,13H2. The molecule has 25 heavy (non-hydrogen) atoms. The molecule has 2 nitrogen and oxygen atoms in total. The zero-order chi connectivity index (χ0) is 16.8. The van der Waals surface area contributed by atoms with Gasteiger partial charge in [-0.2, -0.15) is 0 Å². The van der Waals surface area contributed by atoms with Gasteiger partial charge in [0.25, 0.3) is 0 Å². The summed E-state index contributed by atoms with van der Waals surface area (Å²) in [6, 6.07) is 22.7. The van der Waals surface area contributed by atoms with Crippen molar-refractivity contribution in [2.45, 2.75) is 6.61 Å². The Kier molecular flexibility index (Phi) is 3.07. The molecule has 0 aliphatic carbocycles. The monoisotopic (exact) mass is 327 g/mol. The Morgan fingerprint density at radius 3 is 2.56 bits per heavy atom. The maximum absolute atomic E-state index is 13.9. The molecule has 120 valence electrons. The van der Waals surface area contributed by atoms with E-state index in [4.69, 9.17) is 9.72 Å². The van der Waals surface area contributed by atoms with E-state index in [9.17, 15) is 4.39 Å². The number of nitrogens with zero attached hydrogens (tertiary/aromatic N) is 1. The van der Waals surface area contributed by atoms with Gasteiger partial charge in [-0.3, -0.25) is 0 Å². The number of benzene rings is 3. The quantitative estimate of drug-likeness (QED) is 0.454. The highest BCUT2D eigenvalue weighted by Gasteiger charge is 2.24. The molecule has 3 heteroatoms. The SMILES string of the molecule is Fc1ccc2nc3c(c(-c4ccccc4)c2c1)COc1ccccc1-3. The van der Waals surface area contributed by atoms with Crippen LogP contribution in [-0.4, -0.2) is 4.98 Å². The molecular weight excluding hydrogens is 313 g/mol. The number of hydrogen-bond acceptors (Lipinski definition) is 2. The third kappa shape index (κ3) is 2.20. The summed E-state index contributed by atoms with van der Waals surface area (Å²) in [6.45, 7) is 0.427. The molecule has 0 N–H and O–H groups in total. The van der Waals surface area contributed by atoms with E-state index in [1.54, 1.807) is 12.1 Å². The average molecular weight is 327 g/mol. The van der Waals surface area contributed by atoms with Crippen LogP contribution in [0.3, 0.4) is 0 Å². The van der Waals surface area contributed by atoms with Crippen molar-refractivity contribution in [1.82, 2.24) is 4.98 Å². The van der Waals surface area contributed by atoms with Crippen molar-refractivity contribution in [1.29, 1.82) is 0 Å². The van der Waals surface area contributed by atoms with Gasteiger partial charge in [0.1, 0.15) is 18.2 Å². The van der Waals surface area contributed by atoms with Crippen molar-refractivity contribution in [3.05, 3.63) is 84.2 Å². The Morgan fingerprint density at radius 1 is 0.880 bits per heavy atom. The predicted octanol–water partition coefficient (Wildman–Crippen LogP) is 5.60. The Hall–Kier alpha value is -3.20. The third-order valence-corrected chi connectivity index (χ3v) is 4.62. The van der Waals surface area contributed by atoms with Crippen molar-refractivity contribution in [2.24, 2.45) is 0 Å². The van der Waals surface area contributed by atoms with Crippen LogP contribution < -0.4 is 4.74 Å². The van der Waals surface area contributed by atoms with Gasteiger partial charge in [0.05, 0.1) is 11.2 Å². The highest BCUT2D eigenvalue weighted by molar-refractivity contribution is 6.00. The number of pyridine rings is 1. The third-order valence-electron chi connectivity index (χ3n) is 4.62. The fraction of sp³-hybridized carbons (Fsp3) is 0.0455. The van der Waals surface area contributed by atoms with E-state index < -0.39 is 0 Å². The molecular formula is C22H14FNO. The molecule has 0 spiro atoms. The van der Waals surface area contributed by atoms with Gasteiger partial charge in [-0.25, -0.2) is 9.37 Å². The number of ether oxygens (including phenoxy) is 1. The summed E-state index contributed by atoms with van der Waals surface area (Å²) in [5.41, 5.74) is 5.72. The van der Waals surface area contributed by atoms with Gasteiger partial charge >= 0.3 is 0 Å². The molecule has 2 heterocycles. The zero-order valence-corrected chi connectivity index (χ0v) is 13.4. The van der Waals surface area contributed by atoms with Crippen LogP contribution >= 0.6 is 0 Å². The van der Waals surface area contributed by atoms with Crippen molar-refractivity contribution < 1.29 is 9.13 Å². The summed E-state index contributed by atoms with van der Waals surface area (Å²) >= 11 is 0. The predicted molar refractivity (Wildman–Crippen MR) is 96.9 cm³/mol. The number of para-hydroxylation sites is 1. The lowest BCUT2D eigenvalue weighted by atomic mass is 9.91. The summed E-state index contributed by atoms with van der Waals surface area (Å²) in [6.07, 6.45) is 0. The molecule has 0 unspecified atom stereocenters. The Morgan fingerprint density at radius 2 is 1.68 bits per heavy atom. The van der Waals surface area contributed by atoms with Crippen LogP contribution in [0.15, 0.2) is 72.8 Å². The maximum Gasteiger partial charge on any atom is 0.129 e. The highest BCUT2D eigenvalue weighted by atomic mass is 19.1. The molecule has 0 fully saturated rings. The number of halogens is 1. The van der Waals surface area contributed by atoms with Crippen molar-refractivity contribution in [3.63, 3.8) is 0 Å². The summed E-state index contributed by atoms with van der Waals surface area (Å²) in [5, 5.41) is 0.813. The second-order valence-electron chi connectivity index (χ2n) is 6.13. The van der Waals surface area contributed by atoms with E-state index in [0.29, 0.717) is 6.61 Å². The largest absolute Gasteiger partial charge is 0.488 e. The van der Waals surface area contributed by atoms with E-state index in [2.05, 4.69) is 0 Å². The first kappa shape index (κ1) is 14.2. The average Bonchev–Trinajstić information content (AvgIpc) is 2.67. The van der Waals surface area contributed by atoms with Crippen LogP contribution in [0.1, 0.15) is 5.56 Å². The minimum absolute atomic E-state index is 0.261. The minimum atomic E-state index is -0.261. The van der Waals surface area contributed by atoms with Gasteiger partial charge in [-0.05, 0) is 41.5 Å². The summed E-state index contributed by atoms with van der Waals surface area (Å²) < 4.78 is 19.9. The molecule has 0 radical (unpaired) electrons. The molecule has 0 atom stereocenters. The lowest BCUT2D eigenvalue weighted by Crippen LogP contribution is -2.09. The smallest absolute Gasteiger partial charge is 0.129 e. The molecule has 1 aromatic heterocycles. The Labute approximate surface area is 144 Å². The second kappa shape index (κ2) is 5.42. The number of rotatable bonds is 1. The summed E-state index contributed by atoms with van der Waals surface area (Å²) in [7, 11) is 0. The van der Waals surface area contributed by atoms with E-state index in [-0.39, 0.29) is 5.82 Å². The fourth-order valence-corrected chi connectivity index (χ4v) is 3.51. The zero-order valence-electron chi connectivity index (χ0n) is 13.4. The van der Waals surface area contributed by atoms with E-state index in [1.807, 2.05) is 54.6 Å². The van der Waals surface area contributed by atoms with E-state index in [0.717, 1.165) is 44.6 Å². The van der Waals surface area contributed by atoms with Gasteiger partial charge in [0, 0.05) is 16.5 Å². The molecule has 0 amide bonds. The van der Waals surface area contributed by atoms with Gasteiger partial charge in [-0.1, -0.05) is 42.5 Å². The minimum Gasteiger partial charge on any atom is -0.488 e. The van der Waals surface area contributed by atoms with E-state index >= 15 is 0 Å². The highest BCUT2D eigenvalue weighted by Crippen LogP contribution is 2.43. The molecule has 0 saturated carbocycles. The molecule has 5 rings (SSSR count). The summed E-state index contributed by atoms with van der Waals surface area (Å²) in [4.78, 5) is 4.84. The fourth-order valence-electron chi connectivity index (χ4n) is 3.51. The molecule has 1 aliphatic heterocycles. The number of aromatic nitrogens is 1. The van der Waals surface area contributed by atoms with Gasteiger partial charge in [-0.15, -0.1) is 0 Å². The van der Waals surface area contributed by atoms with Crippen LogP contribution in [0.4, 0.5) is 4.39 Å². The lowest BCUT2D eigenvalue weighted by Gasteiger charge is -2.24. The normalized spacial score (nSPS) is 12.4. The molecule has 1 aliphatic rings. The molecule has 0 saturated heterocycles. The maximum atomic E-state index is 13.9. The van der Waals surface area contributed by atoms with E-state index in [1.165, 1.54) is 6.07 Å². The van der Waals surface area contributed by atoms with Gasteiger partial charge < -0.3 is 4.74 Å². The first-order valence-electron chi connectivity index (χ1n) is 8.21. The van der Waals surface area contributed by atoms with Crippen LogP contribution in [0.25, 0.3) is 33.3 Å². The Bertz CT molecular complexity index is 1110. The van der Waals surface area contributed by atoms with Gasteiger partial charge in [0.15, 0.2) is 0 Å². The van der Waals surface area contributed by atoms with Crippen molar-refractivity contribution in [2.75, 3.05) is 0 Å². The van der Waals surface area contributed by atoms with Gasteiger partial charge in [0.2, 0.25) is 0 Å². The summed E-state index contributed by atoms with van der Waals surface area (Å²) in [5.74, 6) is 0.575. The van der Waals surface area contributed by atoms with Crippen LogP contribution in [0, 0.1) is 5.82 Å². The molecule has 3 aromatic carbocycles. The van der Waals surface area contributed by atoms with Crippen molar-refractivity contribution >= 4 is 10.9 Å². The molecule has 0 bridgehead atoms. The topological polar surface area (TPSA) is 22.1 Å². The molecule has 4 aromatic rings. The number of hydrogen-bond donors (Lipinski definition) is 0.